The summed E-state index contributed by atoms with van der Waals surface area (Å²) in [4.78, 5) is 11.8. The Morgan fingerprint density at radius 3 is 2.40 bits per heavy atom. The van der Waals surface area contributed by atoms with Gasteiger partial charge in [-0.15, -0.1) is 0 Å². The van der Waals surface area contributed by atoms with Crippen LogP contribution < -0.4 is 16.9 Å². The fourth-order valence-corrected chi connectivity index (χ4v) is 1.56. The van der Waals surface area contributed by atoms with E-state index < -0.39 is 5.91 Å². The zero-order valence-electron chi connectivity index (χ0n) is 10.5. The van der Waals surface area contributed by atoms with Crippen molar-refractivity contribution in [2.45, 2.75) is 0 Å². The molecule has 0 unspecified atom stereocenters. The third-order valence-electron chi connectivity index (χ3n) is 2.62. The van der Waals surface area contributed by atoms with Crippen LogP contribution in [0.3, 0.4) is 0 Å². The van der Waals surface area contributed by atoms with Crippen molar-refractivity contribution in [1.29, 1.82) is 0 Å². The van der Waals surface area contributed by atoms with E-state index in [-0.39, 0.29) is 11.7 Å². The van der Waals surface area contributed by atoms with Crippen LogP contribution in [0.15, 0.2) is 53.6 Å². The number of para-hydroxylation sites is 1. The van der Waals surface area contributed by atoms with Gasteiger partial charge in [0.25, 0.3) is 5.91 Å². The molecule has 5 nitrogen and oxygen atoms in total. The number of benzene rings is 2. The minimum atomic E-state index is -0.465. The molecule has 0 aromatic heterocycles. The van der Waals surface area contributed by atoms with E-state index >= 15 is 0 Å². The number of carbonyl (C=O) groups excluding carboxylic acids is 1. The second-order valence-corrected chi connectivity index (χ2v) is 4.03. The summed E-state index contributed by atoms with van der Waals surface area (Å²) in [6.45, 7) is 0. The average molecular weight is 272 g/mol. The van der Waals surface area contributed by atoms with Gasteiger partial charge < -0.3 is 11.5 Å². The van der Waals surface area contributed by atoms with Crippen LogP contribution in [0, 0.1) is 5.82 Å². The van der Waals surface area contributed by atoms with Crippen molar-refractivity contribution in [1.82, 2.24) is 5.43 Å². The average Bonchev–Trinajstić information content (AvgIpc) is 2.45. The molecule has 2 aromatic carbocycles. The van der Waals surface area contributed by atoms with Crippen LogP contribution in [-0.4, -0.2) is 11.7 Å². The van der Waals surface area contributed by atoms with Crippen molar-refractivity contribution in [3.05, 3.63) is 65.5 Å². The highest BCUT2D eigenvalue weighted by molar-refractivity contribution is 6.01. The van der Waals surface area contributed by atoms with Crippen molar-refractivity contribution < 1.29 is 9.18 Å². The number of hydrogen-bond donors (Lipinski definition) is 3. The second-order valence-electron chi connectivity index (χ2n) is 4.03. The minimum absolute atomic E-state index is 0.0767. The topological polar surface area (TPSA) is 93.5 Å². The lowest BCUT2D eigenvalue weighted by Gasteiger charge is -2.05. The fraction of sp³-hybridized carbons (Fsp3) is 0. The summed E-state index contributed by atoms with van der Waals surface area (Å²) < 4.78 is 12.8. The molecule has 5 N–H and O–H groups in total. The van der Waals surface area contributed by atoms with Crippen LogP contribution in [0.1, 0.15) is 15.9 Å². The quantitative estimate of drug-likeness (QED) is 0.342. The first kappa shape index (κ1) is 13.5. The molecule has 0 atom stereocenters. The molecule has 1 amide bonds. The molecule has 0 aliphatic carbocycles. The summed E-state index contributed by atoms with van der Waals surface area (Å²) in [6, 6.07) is 12.1. The molecule has 0 fully saturated rings. The Bertz CT molecular complexity index is 652. The van der Waals surface area contributed by atoms with Crippen LogP contribution in [0.2, 0.25) is 0 Å². The van der Waals surface area contributed by atoms with Gasteiger partial charge in [0.05, 0.1) is 5.56 Å². The number of hydrazone groups is 1. The first-order chi connectivity index (χ1) is 9.58. The number of nitrogens with one attached hydrogen (secondary N) is 1. The number of amides is 1. The molecular weight excluding hydrogens is 259 g/mol. The monoisotopic (exact) mass is 272 g/mol. The van der Waals surface area contributed by atoms with Gasteiger partial charge >= 0.3 is 0 Å². The Morgan fingerprint density at radius 1 is 1.10 bits per heavy atom. The van der Waals surface area contributed by atoms with Gasteiger partial charge in [-0.3, -0.25) is 4.79 Å². The molecule has 2 aromatic rings. The van der Waals surface area contributed by atoms with Gasteiger partial charge in [-0.1, -0.05) is 12.1 Å². The molecule has 0 radical (unpaired) electrons. The highest BCUT2D eigenvalue weighted by atomic mass is 19.1. The Kier molecular flexibility index (Phi) is 3.95. The van der Waals surface area contributed by atoms with E-state index in [1.807, 2.05) is 0 Å². The Balaban J connectivity index is 2.11. The van der Waals surface area contributed by atoms with Crippen LogP contribution >= 0.6 is 0 Å². The lowest BCUT2D eigenvalue weighted by atomic mass is 10.2. The van der Waals surface area contributed by atoms with Crippen molar-refractivity contribution in [2.75, 3.05) is 5.73 Å². The number of carbonyl (C=O) groups is 1. The van der Waals surface area contributed by atoms with E-state index in [0.717, 1.165) is 0 Å². The number of nitrogen functional groups attached to an aromatic ring is 1. The largest absolute Gasteiger partial charge is 0.398 e. The second kappa shape index (κ2) is 5.83. The van der Waals surface area contributed by atoms with E-state index in [1.54, 1.807) is 24.3 Å². The first-order valence-corrected chi connectivity index (χ1v) is 5.82. The smallest absolute Gasteiger partial charge is 0.273 e. The molecule has 0 aliphatic rings. The normalized spacial score (nSPS) is 11.2. The van der Waals surface area contributed by atoms with E-state index in [9.17, 15) is 9.18 Å². The number of nitrogens with two attached hydrogens (primary N) is 2. The number of nitrogens with zero attached hydrogens (tertiary/aromatic N) is 1. The van der Waals surface area contributed by atoms with Gasteiger partial charge in [-0.05, 0) is 36.4 Å². The summed E-state index contributed by atoms with van der Waals surface area (Å²) in [5.41, 5.74) is 14.8. The van der Waals surface area contributed by atoms with Crippen LogP contribution in [0.25, 0.3) is 0 Å². The zero-order chi connectivity index (χ0) is 14.5. The Morgan fingerprint density at radius 2 is 1.75 bits per heavy atom. The molecule has 102 valence electrons. The first-order valence-electron chi connectivity index (χ1n) is 5.82. The van der Waals surface area contributed by atoms with E-state index in [0.29, 0.717) is 16.8 Å². The van der Waals surface area contributed by atoms with Crippen LogP contribution in [0.5, 0.6) is 0 Å². The summed E-state index contributed by atoms with van der Waals surface area (Å²) in [5.74, 6) is -0.761. The van der Waals surface area contributed by atoms with Crippen molar-refractivity contribution >= 4 is 17.4 Å². The van der Waals surface area contributed by atoms with E-state index in [2.05, 4.69) is 10.5 Å². The SMILES string of the molecule is N/C(=N\NC(=O)c1ccccc1N)c1ccc(F)cc1. The number of anilines is 1. The van der Waals surface area contributed by atoms with Gasteiger partial charge in [0, 0.05) is 11.3 Å². The van der Waals surface area contributed by atoms with Gasteiger partial charge in [0.2, 0.25) is 0 Å². The molecule has 0 aliphatic heterocycles. The number of halogens is 1. The molecule has 2 rings (SSSR count). The molecule has 0 heterocycles. The van der Waals surface area contributed by atoms with E-state index in [1.165, 1.54) is 24.3 Å². The predicted octanol–water partition coefficient (Wildman–Crippen LogP) is 1.46. The van der Waals surface area contributed by atoms with Crippen LogP contribution in [0.4, 0.5) is 10.1 Å². The molecule has 20 heavy (non-hydrogen) atoms. The summed E-state index contributed by atoms with van der Waals surface area (Å²) >= 11 is 0. The molecule has 0 spiro atoms. The van der Waals surface area contributed by atoms with Gasteiger partial charge in [-0.25, -0.2) is 9.82 Å². The van der Waals surface area contributed by atoms with Crippen molar-refractivity contribution in [2.24, 2.45) is 10.8 Å². The zero-order valence-corrected chi connectivity index (χ0v) is 10.5. The maximum Gasteiger partial charge on any atom is 0.273 e. The maximum atomic E-state index is 12.8. The standard InChI is InChI=1S/C14H13FN4O/c15-10-7-5-9(6-8-10)13(17)18-19-14(20)11-3-1-2-4-12(11)16/h1-8H,16H2,(H2,17,18)(H,19,20). The fourth-order valence-electron chi connectivity index (χ4n) is 1.56. The lowest BCUT2D eigenvalue weighted by Crippen LogP contribution is -2.24. The highest BCUT2D eigenvalue weighted by Gasteiger charge is 2.08. The molecule has 0 saturated carbocycles. The summed E-state index contributed by atoms with van der Waals surface area (Å²) in [7, 11) is 0. The van der Waals surface area contributed by atoms with Crippen LogP contribution in [-0.2, 0) is 0 Å². The lowest BCUT2D eigenvalue weighted by molar-refractivity contribution is 0.0955. The number of rotatable bonds is 3. The van der Waals surface area contributed by atoms with Gasteiger partial charge in [0.15, 0.2) is 5.84 Å². The molecule has 0 bridgehead atoms. The van der Waals surface area contributed by atoms with E-state index in [4.69, 9.17) is 11.5 Å². The predicted molar refractivity (Wildman–Crippen MR) is 75.4 cm³/mol. The molecular formula is C14H13FN4O. The van der Waals surface area contributed by atoms with Crippen molar-refractivity contribution in [3.8, 4) is 0 Å². The summed E-state index contributed by atoms with van der Waals surface area (Å²) in [6.07, 6.45) is 0. The number of amidine groups is 1. The number of hydrogen-bond acceptors (Lipinski definition) is 3. The van der Waals surface area contributed by atoms with Gasteiger partial charge in [-0.2, -0.15) is 5.10 Å². The summed E-state index contributed by atoms with van der Waals surface area (Å²) in [5, 5.41) is 3.76. The Labute approximate surface area is 115 Å². The third-order valence-corrected chi connectivity index (χ3v) is 2.62. The molecule has 6 heteroatoms. The Hall–Kier alpha value is -2.89. The van der Waals surface area contributed by atoms with Gasteiger partial charge in [0.1, 0.15) is 5.82 Å². The minimum Gasteiger partial charge on any atom is -0.398 e. The third kappa shape index (κ3) is 3.11. The highest BCUT2D eigenvalue weighted by Crippen LogP contribution is 2.09. The van der Waals surface area contributed by atoms with Crippen molar-refractivity contribution in [3.63, 3.8) is 0 Å². The maximum absolute atomic E-state index is 12.8. The molecule has 0 saturated heterocycles.